The summed E-state index contributed by atoms with van der Waals surface area (Å²) in [6.07, 6.45) is 2.79. The van der Waals surface area contributed by atoms with Crippen molar-refractivity contribution in [3.8, 4) is 11.6 Å². The number of hydrogen-bond acceptors (Lipinski definition) is 5. The lowest BCUT2D eigenvalue weighted by Crippen LogP contribution is -2.36. The van der Waals surface area contributed by atoms with Gasteiger partial charge in [0.2, 0.25) is 5.88 Å². The quantitative estimate of drug-likeness (QED) is 0.729. The molecule has 31 heavy (non-hydrogen) atoms. The summed E-state index contributed by atoms with van der Waals surface area (Å²) in [7, 11) is 1.82. The monoisotopic (exact) mass is 430 g/mol. The zero-order valence-corrected chi connectivity index (χ0v) is 18.6. The molecule has 1 saturated carbocycles. The third-order valence-electron chi connectivity index (χ3n) is 5.86. The minimum absolute atomic E-state index is 0.0846. The maximum Gasteiger partial charge on any atom is 0.416 e. The zero-order valence-electron chi connectivity index (χ0n) is 18.6. The fourth-order valence-electron chi connectivity index (χ4n) is 4.14. The highest BCUT2D eigenvalue weighted by atomic mass is 19.1. The van der Waals surface area contributed by atoms with Crippen LogP contribution < -0.4 is 14.8 Å². The molecule has 0 radical (unpaired) electrons. The van der Waals surface area contributed by atoms with E-state index in [1.165, 1.54) is 6.07 Å². The Balaban J connectivity index is 1.47. The number of piperidine rings is 1. The van der Waals surface area contributed by atoms with Crippen molar-refractivity contribution in [3.05, 3.63) is 42.1 Å². The topological polar surface area (TPSA) is 68.6 Å². The fraction of sp³-hybridized carbons (Fsp3) is 0.565. The largest absolute Gasteiger partial charge is 0.490 e. The van der Waals surface area contributed by atoms with Gasteiger partial charge < -0.3 is 24.3 Å². The van der Waals surface area contributed by atoms with Gasteiger partial charge in [0.25, 0.3) is 0 Å². The zero-order chi connectivity index (χ0) is 22.2. The summed E-state index contributed by atoms with van der Waals surface area (Å²) in [5.41, 5.74) is 0.714. The summed E-state index contributed by atoms with van der Waals surface area (Å²) >= 11 is 0. The summed E-state index contributed by atoms with van der Waals surface area (Å²) in [6.45, 7) is 9.43. The molecule has 0 bridgehead atoms. The van der Waals surface area contributed by atoms with E-state index >= 15 is 0 Å². The van der Waals surface area contributed by atoms with E-state index in [4.69, 9.17) is 9.47 Å². The Morgan fingerprint density at radius 1 is 1.32 bits per heavy atom. The molecule has 1 N–H and O–H groups in total. The standard InChI is InChI=1S/C23H31FN4O3/c1-23(2,3)13-30-20-7-15(5-6-19(20)24)10-28(11-18-16-8-25-9-17(16)18)22(29)31-21-12-27(4)14-26-21/h5-7,12,14,16-18,25H,8-11,13H2,1-4H3. The van der Waals surface area contributed by atoms with Crippen molar-refractivity contribution in [1.82, 2.24) is 19.8 Å². The average Bonchev–Trinajstić information content (AvgIpc) is 3.03. The Morgan fingerprint density at radius 3 is 2.71 bits per heavy atom. The van der Waals surface area contributed by atoms with Crippen molar-refractivity contribution in [2.24, 2.45) is 30.2 Å². The average molecular weight is 431 g/mol. The van der Waals surface area contributed by atoms with Gasteiger partial charge in [-0.2, -0.15) is 0 Å². The molecule has 4 rings (SSSR count). The van der Waals surface area contributed by atoms with Crippen LogP contribution in [0.25, 0.3) is 0 Å². The van der Waals surface area contributed by atoms with Crippen LogP contribution in [0.2, 0.25) is 0 Å². The molecule has 2 unspecified atom stereocenters. The van der Waals surface area contributed by atoms with Crippen molar-refractivity contribution in [1.29, 1.82) is 0 Å². The van der Waals surface area contributed by atoms with Crippen LogP contribution in [-0.2, 0) is 13.6 Å². The molecule has 1 aliphatic heterocycles. The van der Waals surface area contributed by atoms with Crippen molar-refractivity contribution >= 4 is 6.09 Å². The first kappa shape index (κ1) is 21.6. The molecule has 1 aliphatic carbocycles. The Morgan fingerprint density at radius 2 is 2.06 bits per heavy atom. The second-order valence-corrected chi connectivity index (χ2v) is 9.89. The van der Waals surface area contributed by atoms with Crippen molar-refractivity contribution in [3.63, 3.8) is 0 Å². The normalized spacial score (nSPS) is 22.2. The van der Waals surface area contributed by atoms with Gasteiger partial charge in [0.05, 0.1) is 19.1 Å². The number of benzene rings is 1. The molecule has 7 nitrogen and oxygen atoms in total. The van der Waals surface area contributed by atoms with Crippen LogP contribution in [0.4, 0.5) is 9.18 Å². The second-order valence-electron chi connectivity index (χ2n) is 9.89. The first-order valence-electron chi connectivity index (χ1n) is 10.8. The molecule has 2 atom stereocenters. The Labute approximate surface area is 182 Å². The van der Waals surface area contributed by atoms with E-state index in [1.54, 1.807) is 34.1 Å². The number of ether oxygens (including phenoxy) is 2. The number of imidazole rings is 1. The van der Waals surface area contributed by atoms with Gasteiger partial charge in [-0.05, 0) is 54.0 Å². The highest BCUT2D eigenvalue weighted by Crippen LogP contribution is 2.49. The second kappa shape index (κ2) is 8.49. The SMILES string of the molecule is Cn1cnc(OC(=O)N(Cc2ccc(F)c(OCC(C)(C)C)c2)CC2C3CNCC32)c1. The van der Waals surface area contributed by atoms with E-state index in [1.807, 2.05) is 27.8 Å². The number of aryl methyl sites for hydroxylation is 1. The summed E-state index contributed by atoms with van der Waals surface area (Å²) in [6, 6.07) is 4.76. The third kappa shape index (κ3) is 5.36. The molecular weight excluding hydrogens is 399 g/mol. The predicted octanol–water partition coefficient (Wildman–Crippen LogP) is 3.45. The molecule has 1 aromatic carbocycles. The fourth-order valence-corrected chi connectivity index (χ4v) is 4.14. The van der Waals surface area contributed by atoms with Gasteiger partial charge in [-0.1, -0.05) is 26.8 Å². The Bertz CT molecular complexity index is 929. The molecule has 2 aromatic rings. The number of rotatable bonds is 7. The van der Waals surface area contributed by atoms with E-state index < -0.39 is 11.9 Å². The van der Waals surface area contributed by atoms with Crippen LogP contribution >= 0.6 is 0 Å². The minimum atomic E-state index is -0.446. The minimum Gasteiger partial charge on any atom is -0.490 e. The lowest BCUT2D eigenvalue weighted by atomic mass is 9.99. The molecule has 168 valence electrons. The van der Waals surface area contributed by atoms with Crippen LogP contribution in [0.3, 0.4) is 0 Å². The Kier molecular flexibility index (Phi) is 5.92. The van der Waals surface area contributed by atoms with Crippen molar-refractivity contribution < 1.29 is 18.7 Å². The number of fused-ring (bicyclic) bond motifs is 1. The van der Waals surface area contributed by atoms with Gasteiger partial charge >= 0.3 is 6.09 Å². The van der Waals surface area contributed by atoms with Gasteiger partial charge in [-0.15, -0.1) is 0 Å². The van der Waals surface area contributed by atoms with Crippen LogP contribution in [0.15, 0.2) is 30.7 Å². The highest BCUT2D eigenvalue weighted by molar-refractivity contribution is 5.70. The van der Waals surface area contributed by atoms with Crippen LogP contribution in [0.5, 0.6) is 11.6 Å². The lowest BCUT2D eigenvalue weighted by Gasteiger charge is -2.23. The maximum absolute atomic E-state index is 14.3. The van der Waals surface area contributed by atoms with E-state index in [0.717, 1.165) is 18.7 Å². The number of carbonyl (C=O) groups is 1. The first-order chi connectivity index (χ1) is 14.7. The first-order valence-corrected chi connectivity index (χ1v) is 10.8. The number of amides is 1. The summed E-state index contributed by atoms with van der Waals surface area (Å²) in [5.74, 6) is 1.77. The van der Waals surface area contributed by atoms with Crippen molar-refractivity contribution in [2.45, 2.75) is 27.3 Å². The molecule has 2 fully saturated rings. The lowest BCUT2D eigenvalue weighted by molar-refractivity contribution is 0.143. The number of aromatic nitrogens is 2. The van der Waals surface area contributed by atoms with E-state index in [2.05, 4.69) is 10.3 Å². The molecule has 2 heterocycles. The van der Waals surface area contributed by atoms with Crippen LogP contribution in [0.1, 0.15) is 26.3 Å². The van der Waals surface area contributed by atoms with Crippen LogP contribution in [-0.4, -0.2) is 46.8 Å². The van der Waals surface area contributed by atoms with Gasteiger partial charge in [0.15, 0.2) is 11.6 Å². The summed E-state index contributed by atoms with van der Waals surface area (Å²) in [5, 5.41) is 3.38. The highest BCUT2D eigenvalue weighted by Gasteiger charge is 2.53. The molecule has 8 heteroatoms. The number of hydrogen-bond donors (Lipinski definition) is 1. The third-order valence-corrected chi connectivity index (χ3v) is 5.86. The van der Waals surface area contributed by atoms with Gasteiger partial charge in [-0.25, -0.2) is 14.2 Å². The number of halogens is 1. The smallest absolute Gasteiger partial charge is 0.416 e. The molecule has 1 saturated heterocycles. The van der Waals surface area contributed by atoms with Gasteiger partial charge in [0, 0.05) is 20.1 Å². The molecule has 1 aromatic heterocycles. The predicted molar refractivity (Wildman–Crippen MR) is 114 cm³/mol. The molecule has 0 spiro atoms. The van der Waals surface area contributed by atoms with Crippen LogP contribution in [0, 0.1) is 29.0 Å². The van der Waals surface area contributed by atoms with E-state index in [0.29, 0.717) is 37.5 Å². The maximum atomic E-state index is 14.3. The summed E-state index contributed by atoms with van der Waals surface area (Å²) < 4.78 is 27.2. The van der Waals surface area contributed by atoms with Crippen molar-refractivity contribution in [2.75, 3.05) is 26.2 Å². The molecule has 2 aliphatic rings. The van der Waals surface area contributed by atoms with Gasteiger partial charge in [-0.3, -0.25) is 0 Å². The number of nitrogens with zero attached hydrogens (tertiary/aromatic N) is 3. The number of carbonyl (C=O) groups excluding carboxylic acids is 1. The summed E-state index contributed by atoms with van der Waals surface area (Å²) in [4.78, 5) is 18.7. The van der Waals surface area contributed by atoms with E-state index in [9.17, 15) is 9.18 Å². The van der Waals surface area contributed by atoms with E-state index in [-0.39, 0.29) is 17.0 Å². The Hall–Kier alpha value is -2.61. The molecular formula is C23H31FN4O3. The number of nitrogens with one attached hydrogen (secondary N) is 1. The van der Waals surface area contributed by atoms with Gasteiger partial charge in [0.1, 0.15) is 0 Å². The molecule has 1 amide bonds.